The summed E-state index contributed by atoms with van der Waals surface area (Å²) >= 11 is 0. The first kappa shape index (κ1) is 18.9. The van der Waals surface area contributed by atoms with Gasteiger partial charge >= 0.3 is 6.61 Å². The summed E-state index contributed by atoms with van der Waals surface area (Å²) in [5.74, 6) is -0.261. The summed E-state index contributed by atoms with van der Waals surface area (Å²) in [6.45, 7) is -0.786. The van der Waals surface area contributed by atoms with Gasteiger partial charge in [-0.05, 0) is 56.6 Å². The molecule has 7 heteroatoms. The van der Waals surface area contributed by atoms with Gasteiger partial charge in [0.15, 0.2) is 11.5 Å². The van der Waals surface area contributed by atoms with Gasteiger partial charge in [-0.25, -0.2) is 4.39 Å². The maximum Gasteiger partial charge on any atom is 0.387 e. The van der Waals surface area contributed by atoms with Crippen LogP contribution in [0.15, 0.2) is 18.2 Å². The Morgan fingerprint density at radius 2 is 1.85 bits per heavy atom. The smallest absolute Gasteiger partial charge is 0.387 e. The molecule has 3 rings (SSSR count). The molecule has 4 nitrogen and oxygen atoms in total. The van der Waals surface area contributed by atoms with Gasteiger partial charge in [0.2, 0.25) is 5.91 Å². The molecule has 0 heterocycles. The number of benzene rings is 1. The Bertz CT molecular complexity index is 626. The van der Waals surface area contributed by atoms with Crippen LogP contribution in [-0.4, -0.2) is 24.7 Å². The fourth-order valence-corrected chi connectivity index (χ4v) is 3.55. The zero-order chi connectivity index (χ0) is 18.7. The highest BCUT2D eigenvalue weighted by molar-refractivity contribution is 5.80. The lowest BCUT2D eigenvalue weighted by Crippen LogP contribution is -2.47. The predicted molar refractivity (Wildman–Crippen MR) is 89.7 cm³/mol. The van der Waals surface area contributed by atoms with E-state index in [-0.39, 0.29) is 35.5 Å². The molecule has 0 atom stereocenters. The number of nitrogens with one attached hydrogen (secondary N) is 1. The van der Waals surface area contributed by atoms with E-state index in [0.717, 1.165) is 49.8 Å². The van der Waals surface area contributed by atoms with Gasteiger partial charge < -0.3 is 14.8 Å². The Morgan fingerprint density at radius 1 is 1.15 bits per heavy atom. The molecular formula is C19H24F3NO3. The van der Waals surface area contributed by atoms with Gasteiger partial charge in [-0.1, -0.05) is 6.92 Å². The van der Waals surface area contributed by atoms with Crippen molar-refractivity contribution in [1.82, 2.24) is 5.32 Å². The van der Waals surface area contributed by atoms with Crippen LogP contribution < -0.4 is 14.8 Å². The first-order valence-electron chi connectivity index (χ1n) is 9.12. The van der Waals surface area contributed by atoms with E-state index in [9.17, 15) is 18.0 Å². The van der Waals surface area contributed by atoms with E-state index in [4.69, 9.17) is 4.74 Å². The van der Waals surface area contributed by atoms with Crippen molar-refractivity contribution >= 4 is 5.91 Å². The molecule has 2 saturated carbocycles. The summed E-state index contributed by atoms with van der Waals surface area (Å²) in [5, 5.41) is 3.09. The Morgan fingerprint density at radius 3 is 2.50 bits per heavy atom. The average molecular weight is 371 g/mol. The first-order valence-corrected chi connectivity index (χ1v) is 9.12. The van der Waals surface area contributed by atoms with Crippen LogP contribution in [0.25, 0.3) is 0 Å². The van der Waals surface area contributed by atoms with Crippen LogP contribution in [0.4, 0.5) is 13.2 Å². The predicted octanol–water partition coefficient (Wildman–Crippen LogP) is 4.28. The molecule has 0 aromatic heterocycles. The SMILES string of the molecule is CC1CCC(NC(=O)C2CC(Oc3cc(F)ccc3OC(F)F)C2)CC1. The van der Waals surface area contributed by atoms with E-state index in [2.05, 4.69) is 17.0 Å². The first-order chi connectivity index (χ1) is 12.4. The highest BCUT2D eigenvalue weighted by Gasteiger charge is 2.37. The standard InChI is InChI=1S/C19H24F3NO3/c1-11-2-5-14(6-3-11)23-18(24)12-8-15(9-12)25-17-10-13(20)4-7-16(17)26-19(21)22/h4,7,10-12,14-15,19H,2-3,5-6,8-9H2,1H3,(H,23,24). The minimum absolute atomic E-state index is 0.0210. The van der Waals surface area contributed by atoms with Gasteiger partial charge in [0, 0.05) is 18.0 Å². The minimum Gasteiger partial charge on any atom is -0.486 e. The van der Waals surface area contributed by atoms with E-state index in [1.54, 1.807) is 0 Å². The lowest BCUT2D eigenvalue weighted by Gasteiger charge is -2.36. The molecular weight excluding hydrogens is 347 g/mol. The second kappa shape index (κ2) is 8.18. The maximum absolute atomic E-state index is 13.4. The molecule has 0 aliphatic heterocycles. The molecule has 1 amide bonds. The van der Waals surface area contributed by atoms with Crippen molar-refractivity contribution in [3.63, 3.8) is 0 Å². The van der Waals surface area contributed by atoms with Crippen LogP contribution in [0.3, 0.4) is 0 Å². The number of halogens is 3. The van der Waals surface area contributed by atoms with Crippen molar-refractivity contribution < 1.29 is 27.4 Å². The number of ether oxygens (including phenoxy) is 2. The third-order valence-corrected chi connectivity index (χ3v) is 5.24. The maximum atomic E-state index is 13.4. The largest absolute Gasteiger partial charge is 0.486 e. The van der Waals surface area contributed by atoms with E-state index < -0.39 is 12.4 Å². The molecule has 1 aromatic carbocycles. The molecule has 1 N–H and O–H groups in total. The van der Waals surface area contributed by atoms with Gasteiger partial charge in [-0.2, -0.15) is 8.78 Å². The number of alkyl halides is 2. The van der Waals surface area contributed by atoms with Gasteiger partial charge in [0.25, 0.3) is 0 Å². The molecule has 0 unspecified atom stereocenters. The second-order valence-electron chi connectivity index (χ2n) is 7.34. The summed E-state index contributed by atoms with van der Waals surface area (Å²) in [6, 6.07) is 3.41. The van der Waals surface area contributed by atoms with Crippen molar-refractivity contribution in [3.05, 3.63) is 24.0 Å². The Balaban J connectivity index is 1.48. The van der Waals surface area contributed by atoms with Crippen LogP contribution in [0.2, 0.25) is 0 Å². The normalized spacial score (nSPS) is 28.3. The van der Waals surface area contributed by atoms with Crippen LogP contribution in [0.5, 0.6) is 11.5 Å². The highest BCUT2D eigenvalue weighted by Crippen LogP contribution is 2.37. The molecule has 0 spiro atoms. The quantitative estimate of drug-likeness (QED) is 0.812. The second-order valence-corrected chi connectivity index (χ2v) is 7.34. The molecule has 26 heavy (non-hydrogen) atoms. The number of carbonyl (C=O) groups excluding carboxylic acids is 1. The third kappa shape index (κ3) is 4.83. The topological polar surface area (TPSA) is 47.6 Å². The van der Waals surface area contributed by atoms with Crippen molar-refractivity contribution in [3.8, 4) is 11.5 Å². The molecule has 144 valence electrons. The Labute approximate surface area is 151 Å². The van der Waals surface area contributed by atoms with Crippen molar-refractivity contribution in [2.75, 3.05) is 0 Å². The van der Waals surface area contributed by atoms with E-state index >= 15 is 0 Å². The molecule has 0 radical (unpaired) electrons. The third-order valence-electron chi connectivity index (χ3n) is 5.24. The fourth-order valence-electron chi connectivity index (χ4n) is 3.55. The van der Waals surface area contributed by atoms with E-state index in [1.165, 1.54) is 0 Å². The molecule has 2 fully saturated rings. The summed E-state index contributed by atoms with van der Waals surface area (Å²) in [6.07, 6.45) is 4.95. The summed E-state index contributed by atoms with van der Waals surface area (Å²) in [4.78, 5) is 12.3. The molecule has 2 aliphatic carbocycles. The minimum atomic E-state index is -3.01. The zero-order valence-electron chi connectivity index (χ0n) is 14.7. The van der Waals surface area contributed by atoms with Gasteiger partial charge in [-0.15, -0.1) is 0 Å². The monoisotopic (exact) mass is 371 g/mol. The van der Waals surface area contributed by atoms with Crippen molar-refractivity contribution in [1.29, 1.82) is 0 Å². The summed E-state index contributed by atoms with van der Waals surface area (Å²) in [7, 11) is 0. The van der Waals surface area contributed by atoms with Crippen molar-refractivity contribution in [2.45, 2.75) is 64.2 Å². The van der Waals surface area contributed by atoms with Gasteiger partial charge in [-0.3, -0.25) is 4.79 Å². The van der Waals surface area contributed by atoms with Crippen LogP contribution in [0, 0.1) is 17.7 Å². The Hall–Kier alpha value is -1.92. The molecule has 0 bridgehead atoms. The lowest BCUT2D eigenvalue weighted by molar-refractivity contribution is -0.131. The molecule has 2 aliphatic rings. The molecule has 1 aromatic rings. The number of amides is 1. The van der Waals surface area contributed by atoms with Crippen molar-refractivity contribution in [2.24, 2.45) is 11.8 Å². The van der Waals surface area contributed by atoms with Crippen LogP contribution in [0.1, 0.15) is 45.4 Å². The van der Waals surface area contributed by atoms with E-state index in [0.29, 0.717) is 12.8 Å². The number of hydrogen-bond donors (Lipinski definition) is 1. The lowest BCUT2D eigenvalue weighted by atomic mass is 9.80. The van der Waals surface area contributed by atoms with Crippen LogP contribution >= 0.6 is 0 Å². The zero-order valence-corrected chi connectivity index (χ0v) is 14.7. The number of carbonyl (C=O) groups is 1. The van der Waals surface area contributed by atoms with Crippen LogP contribution in [-0.2, 0) is 4.79 Å². The summed E-state index contributed by atoms with van der Waals surface area (Å²) in [5.41, 5.74) is 0. The van der Waals surface area contributed by atoms with Gasteiger partial charge in [0.1, 0.15) is 11.9 Å². The fraction of sp³-hybridized carbons (Fsp3) is 0.632. The highest BCUT2D eigenvalue weighted by atomic mass is 19.3. The van der Waals surface area contributed by atoms with Gasteiger partial charge in [0.05, 0.1) is 0 Å². The number of hydrogen-bond acceptors (Lipinski definition) is 3. The summed E-state index contributed by atoms with van der Waals surface area (Å²) < 4.78 is 48.1. The average Bonchev–Trinajstić information content (AvgIpc) is 2.54. The van der Waals surface area contributed by atoms with E-state index in [1.807, 2.05) is 0 Å². The number of rotatable bonds is 6. The molecule has 0 saturated heterocycles. The Kier molecular flexibility index (Phi) is 5.94.